The number of unbranched alkanes of at least 4 members (excludes halogenated alkanes) is 1. The van der Waals surface area contributed by atoms with Crippen molar-refractivity contribution >= 4 is 33.7 Å². The molecule has 3 aromatic heterocycles. The molecule has 7 heteroatoms. The first-order valence-electron chi connectivity index (χ1n) is 13.4. The fourth-order valence-corrected chi connectivity index (χ4v) is 4.67. The van der Waals surface area contributed by atoms with Crippen LogP contribution in [-0.2, 0) is 24.2 Å². The van der Waals surface area contributed by atoms with Crippen molar-refractivity contribution in [3.05, 3.63) is 89.5 Å². The van der Waals surface area contributed by atoms with E-state index in [2.05, 4.69) is 58.0 Å². The zero-order chi connectivity index (χ0) is 27.1. The molecule has 38 heavy (non-hydrogen) atoms. The molecule has 0 amide bonds. The van der Waals surface area contributed by atoms with E-state index in [1.165, 1.54) is 18.2 Å². The first-order chi connectivity index (χ1) is 18.6. The summed E-state index contributed by atoms with van der Waals surface area (Å²) in [5.41, 5.74) is 5.58. The molecule has 1 N–H and O–H groups in total. The quantitative estimate of drug-likeness (QED) is 0.224. The van der Waals surface area contributed by atoms with Crippen LogP contribution in [0, 0.1) is 0 Å². The minimum absolute atomic E-state index is 0.373. The number of benzene rings is 2. The Morgan fingerprint density at radius 1 is 0.974 bits per heavy atom. The van der Waals surface area contributed by atoms with Gasteiger partial charge in [-0.3, -0.25) is 0 Å². The maximum absolute atomic E-state index is 12.1. The van der Waals surface area contributed by atoms with Gasteiger partial charge >= 0.3 is 5.97 Å². The van der Waals surface area contributed by atoms with Gasteiger partial charge in [-0.05, 0) is 47.9 Å². The second-order valence-electron chi connectivity index (χ2n) is 9.02. The van der Waals surface area contributed by atoms with E-state index in [1.807, 2.05) is 39.1 Å². The number of pyridine rings is 1. The molecule has 5 aromatic rings. The lowest BCUT2D eigenvalue weighted by molar-refractivity contribution is 0.0601. The van der Waals surface area contributed by atoms with Gasteiger partial charge < -0.3 is 19.2 Å². The van der Waals surface area contributed by atoms with E-state index >= 15 is 0 Å². The largest absolute Gasteiger partial charge is 0.465 e. The summed E-state index contributed by atoms with van der Waals surface area (Å²) in [5.74, 6) is 1.38. The number of imidazole rings is 1. The average molecular weight is 512 g/mol. The number of ether oxygens (including phenoxy) is 1. The number of carbonyl (C=O) groups excluding carboxylic acids is 1. The molecule has 198 valence electrons. The summed E-state index contributed by atoms with van der Waals surface area (Å²) in [6.45, 7) is 7.76. The SMILES string of the molecule is CC.CCCCc1nc2c(NC)nc3cc(C(=O)OC)ccc3c2n1Cc1ccc(Cn2cccc2)cc1. The van der Waals surface area contributed by atoms with Gasteiger partial charge in [0.25, 0.3) is 0 Å². The lowest BCUT2D eigenvalue weighted by Crippen LogP contribution is -2.07. The molecular weight excluding hydrogens is 474 g/mol. The van der Waals surface area contributed by atoms with E-state index in [0.29, 0.717) is 17.9 Å². The standard InChI is InChI=1S/C29H31N5O2.C2H6/c1-4-5-8-25-32-26-27(23-14-13-22(29(35)36-3)17-24(23)31-28(26)30-2)34(25)19-21-11-9-20(10-12-21)18-33-15-6-7-16-33;1-2/h6-7,9-17H,4-5,8,18-19H2,1-3H3,(H,30,31);1-2H3. The van der Waals surface area contributed by atoms with E-state index < -0.39 is 0 Å². The number of rotatable bonds is 9. The molecule has 0 bridgehead atoms. The molecule has 3 heterocycles. The van der Waals surface area contributed by atoms with Crippen molar-refractivity contribution in [2.75, 3.05) is 19.5 Å². The number of methoxy groups -OCH3 is 1. The topological polar surface area (TPSA) is 74.0 Å². The molecule has 0 fully saturated rings. The van der Waals surface area contributed by atoms with Gasteiger partial charge in [-0.1, -0.05) is 51.5 Å². The molecule has 0 atom stereocenters. The number of nitrogens with one attached hydrogen (secondary N) is 1. The fourth-order valence-electron chi connectivity index (χ4n) is 4.67. The van der Waals surface area contributed by atoms with Crippen molar-refractivity contribution in [2.45, 2.75) is 53.1 Å². The summed E-state index contributed by atoms with van der Waals surface area (Å²) in [4.78, 5) is 22.0. The number of anilines is 1. The van der Waals surface area contributed by atoms with Gasteiger partial charge in [0, 0.05) is 44.3 Å². The van der Waals surface area contributed by atoms with Crippen LogP contribution in [0.4, 0.5) is 5.82 Å². The number of carbonyl (C=O) groups is 1. The molecule has 0 spiro atoms. The number of aryl methyl sites for hydroxylation is 1. The molecule has 0 saturated heterocycles. The second-order valence-corrected chi connectivity index (χ2v) is 9.02. The van der Waals surface area contributed by atoms with Crippen molar-refractivity contribution in [3.63, 3.8) is 0 Å². The minimum Gasteiger partial charge on any atom is -0.465 e. The van der Waals surface area contributed by atoms with Gasteiger partial charge in [0.2, 0.25) is 0 Å². The lowest BCUT2D eigenvalue weighted by Gasteiger charge is -2.13. The van der Waals surface area contributed by atoms with Crippen LogP contribution in [-0.4, -0.2) is 39.2 Å². The molecule has 0 radical (unpaired) electrons. The Bertz CT molecular complexity index is 1500. The summed E-state index contributed by atoms with van der Waals surface area (Å²) in [7, 11) is 3.24. The highest BCUT2D eigenvalue weighted by molar-refractivity contribution is 6.08. The fraction of sp³-hybridized carbons (Fsp3) is 0.323. The van der Waals surface area contributed by atoms with Crippen LogP contribution in [0.5, 0.6) is 0 Å². The van der Waals surface area contributed by atoms with E-state index in [9.17, 15) is 4.79 Å². The maximum Gasteiger partial charge on any atom is 0.337 e. The van der Waals surface area contributed by atoms with Crippen molar-refractivity contribution in [2.24, 2.45) is 0 Å². The van der Waals surface area contributed by atoms with Crippen LogP contribution < -0.4 is 5.32 Å². The van der Waals surface area contributed by atoms with E-state index in [0.717, 1.165) is 53.6 Å². The Balaban J connectivity index is 0.00000164. The van der Waals surface area contributed by atoms with Crippen molar-refractivity contribution in [1.82, 2.24) is 19.1 Å². The van der Waals surface area contributed by atoms with Crippen molar-refractivity contribution < 1.29 is 9.53 Å². The number of aromatic nitrogens is 4. The van der Waals surface area contributed by atoms with Gasteiger partial charge in [-0.25, -0.2) is 14.8 Å². The summed E-state index contributed by atoms with van der Waals surface area (Å²) in [6.07, 6.45) is 7.20. The van der Waals surface area contributed by atoms with Gasteiger partial charge in [0.15, 0.2) is 5.82 Å². The Labute approximate surface area is 224 Å². The highest BCUT2D eigenvalue weighted by Gasteiger charge is 2.19. The van der Waals surface area contributed by atoms with Gasteiger partial charge in [-0.2, -0.15) is 0 Å². The predicted molar refractivity (Wildman–Crippen MR) is 155 cm³/mol. The molecule has 0 aliphatic rings. The first kappa shape index (κ1) is 26.9. The smallest absolute Gasteiger partial charge is 0.337 e. The number of fused-ring (bicyclic) bond motifs is 3. The highest BCUT2D eigenvalue weighted by atomic mass is 16.5. The number of nitrogens with zero attached hydrogens (tertiary/aromatic N) is 4. The minimum atomic E-state index is -0.373. The summed E-state index contributed by atoms with van der Waals surface area (Å²) in [6, 6.07) is 18.4. The Hall–Kier alpha value is -4.13. The van der Waals surface area contributed by atoms with Crippen LogP contribution in [0.15, 0.2) is 67.0 Å². The second kappa shape index (κ2) is 12.4. The third kappa shape index (κ3) is 5.57. The zero-order valence-corrected chi connectivity index (χ0v) is 23.0. The first-order valence-corrected chi connectivity index (χ1v) is 13.4. The van der Waals surface area contributed by atoms with Crippen molar-refractivity contribution in [1.29, 1.82) is 0 Å². The predicted octanol–water partition coefficient (Wildman–Crippen LogP) is 6.68. The van der Waals surface area contributed by atoms with Crippen LogP contribution in [0.2, 0.25) is 0 Å². The lowest BCUT2D eigenvalue weighted by atomic mass is 10.1. The van der Waals surface area contributed by atoms with E-state index in [1.54, 1.807) is 12.1 Å². The van der Waals surface area contributed by atoms with Crippen LogP contribution in [0.1, 0.15) is 60.9 Å². The van der Waals surface area contributed by atoms with E-state index in [-0.39, 0.29) is 5.97 Å². The molecule has 0 saturated carbocycles. The summed E-state index contributed by atoms with van der Waals surface area (Å²) in [5, 5.41) is 4.18. The Morgan fingerprint density at radius 3 is 2.29 bits per heavy atom. The van der Waals surface area contributed by atoms with Crippen LogP contribution >= 0.6 is 0 Å². The molecule has 0 unspecified atom stereocenters. The molecule has 5 rings (SSSR count). The van der Waals surface area contributed by atoms with E-state index in [4.69, 9.17) is 14.7 Å². The summed E-state index contributed by atoms with van der Waals surface area (Å²) >= 11 is 0. The van der Waals surface area contributed by atoms with Crippen LogP contribution in [0.3, 0.4) is 0 Å². The summed E-state index contributed by atoms with van der Waals surface area (Å²) < 4.78 is 9.40. The Kier molecular flexibility index (Phi) is 8.79. The molecular formula is C31H37N5O2. The monoisotopic (exact) mass is 511 g/mol. The molecule has 0 aliphatic carbocycles. The van der Waals surface area contributed by atoms with Crippen molar-refractivity contribution in [3.8, 4) is 0 Å². The highest BCUT2D eigenvalue weighted by Crippen LogP contribution is 2.32. The molecule has 2 aromatic carbocycles. The number of hydrogen-bond acceptors (Lipinski definition) is 5. The van der Waals surface area contributed by atoms with Gasteiger partial charge in [-0.15, -0.1) is 0 Å². The average Bonchev–Trinajstić information content (AvgIpc) is 3.61. The van der Waals surface area contributed by atoms with Gasteiger partial charge in [0.1, 0.15) is 11.3 Å². The Morgan fingerprint density at radius 2 is 1.66 bits per heavy atom. The molecule has 0 aliphatic heterocycles. The molecule has 7 nitrogen and oxygen atoms in total. The third-order valence-corrected chi connectivity index (χ3v) is 6.56. The zero-order valence-electron chi connectivity index (χ0n) is 23.0. The maximum atomic E-state index is 12.1. The number of hydrogen-bond donors (Lipinski definition) is 1. The number of esters is 1. The normalized spacial score (nSPS) is 10.9. The third-order valence-electron chi connectivity index (χ3n) is 6.56. The van der Waals surface area contributed by atoms with Crippen LogP contribution in [0.25, 0.3) is 21.9 Å². The van der Waals surface area contributed by atoms with Gasteiger partial charge in [0.05, 0.1) is 23.7 Å².